The molecule has 0 spiro atoms. The molecule has 6 heteroatoms. The van der Waals surface area contributed by atoms with Gasteiger partial charge in [-0.2, -0.15) is 0 Å². The first-order valence-corrected chi connectivity index (χ1v) is 13.5. The van der Waals surface area contributed by atoms with Crippen LogP contribution in [0.2, 0.25) is 0 Å². The number of aromatic nitrogens is 4. The normalized spacial score (nSPS) is 11.6. The second-order valence-corrected chi connectivity index (χ2v) is 10.2. The fraction of sp³-hybridized carbons (Fsp3) is 0. The molecule has 200 valence electrons. The van der Waals surface area contributed by atoms with E-state index in [1.54, 1.807) is 0 Å². The van der Waals surface area contributed by atoms with Crippen LogP contribution in [0.15, 0.2) is 122 Å². The van der Waals surface area contributed by atoms with Crippen LogP contribution in [0.25, 0.3) is 65.9 Å². The molecule has 0 amide bonds. The van der Waals surface area contributed by atoms with Gasteiger partial charge in [-0.25, -0.2) is 0 Å². The van der Waals surface area contributed by atoms with Gasteiger partial charge in [0, 0.05) is 46.7 Å². The number of para-hydroxylation sites is 2. The Balaban J connectivity index is 0.00000267. The van der Waals surface area contributed by atoms with Crippen molar-refractivity contribution in [3.05, 3.63) is 134 Å². The van der Waals surface area contributed by atoms with Gasteiger partial charge in [-0.15, -0.1) is 12.1 Å². The Labute approximate surface area is 254 Å². The van der Waals surface area contributed by atoms with Gasteiger partial charge in [0.1, 0.15) is 0 Å². The van der Waals surface area contributed by atoms with Crippen LogP contribution in [0.4, 0.5) is 0 Å². The molecule has 0 bridgehead atoms. The van der Waals surface area contributed by atoms with E-state index in [0.717, 1.165) is 65.9 Å². The van der Waals surface area contributed by atoms with Crippen molar-refractivity contribution >= 4 is 54.6 Å². The number of hydrogen-bond donors (Lipinski definition) is 0. The zero-order valence-corrected chi connectivity index (χ0v) is 23.6. The molecule has 5 aromatic carbocycles. The molecule has 0 unspecified atom stereocenters. The molecule has 4 aromatic heterocycles. The van der Waals surface area contributed by atoms with Gasteiger partial charge in [0.15, 0.2) is 0 Å². The Bertz CT molecular complexity index is 2460. The maximum Gasteiger partial charge on any atom is 2.00 e. The van der Waals surface area contributed by atoms with Gasteiger partial charge < -0.3 is 13.5 Å². The second-order valence-electron chi connectivity index (χ2n) is 10.2. The Hall–Kier alpha value is -5.02. The van der Waals surface area contributed by atoms with E-state index in [0.29, 0.717) is 11.5 Å². The molecule has 0 aliphatic carbocycles. The number of rotatable bonds is 3. The molecule has 0 saturated carbocycles. The maximum atomic E-state index is 6.40. The molecule has 0 aliphatic rings. The second kappa shape index (κ2) is 9.53. The van der Waals surface area contributed by atoms with Gasteiger partial charge in [0.25, 0.3) is 0 Å². The molecule has 5 nitrogen and oxygen atoms in total. The molecule has 9 rings (SSSR count). The minimum Gasteiger partial charge on any atom is -0.497 e. The van der Waals surface area contributed by atoms with Crippen molar-refractivity contribution in [1.82, 2.24) is 18.8 Å². The van der Waals surface area contributed by atoms with Crippen LogP contribution in [-0.4, -0.2) is 18.8 Å². The van der Waals surface area contributed by atoms with E-state index in [9.17, 15) is 0 Å². The third-order valence-corrected chi connectivity index (χ3v) is 7.83. The van der Waals surface area contributed by atoms with Gasteiger partial charge in [0.05, 0.1) is 17.0 Å². The number of hydrogen-bond acceptors (Lipinski definition) is 3. The quantitative estimate of drug-likeness (QED) is 0.111. The Morgan fingerprint density at radius 3 is 1.86 bits per heavy atom. The monoisotopic (exact) mass is 630 g/mol. The molecule has 9 aromatic rings. The van der Waals surface area contributed by atoms with Gasteiger partial charge in [0.2, 0.25) is 0 Å². The Morgan fingerprint density at radius 2 is 1.17 bits per heavy atom. The van der Waals surface area contributed by atoms with Crippen molar-refractivity contribution in [2.75, 3.05) is 0 Å². The molecular formula is C36H20N4OPd. The van der Waals surface area contributed by atoms with E-state index in [4.69, 9.17) is 9.72 Å². The van der Waals surface area contributed by atoms with Crippen LogP contribution in [0.1, 0.15) is 0 Å². The van der Waals surface area contributed by atoms with E-state index >= 15 is 0 Å². The van der Waals surface area contributed by atoms with Crippen LogP contribution in [0.5, 0.6) is 11.5 Å². The molecule has 0 aliphatic heterocycles. The minimum atomic E-state index is 0. The van der Waals surface area contributed by atoms with Gasteiger partial charge in [-0.05, 0) is 22.9 Å². The van der Waals surface area contributed by atoms with Crippen LogP contribution in [0, 0.1) is 12.1 Å². The first-order valence-electron chi connectivity index (χ1n) is 13.5. The SMILES string of the molecule is [Pd+2].[c-]1c(Oc2[c-]c3c(cc2)c2ccccc2n2cc(-c4ccccc4)nc32)ccc2c1c1nccn1c1ccccc21. The molecule has 0 N–H and O–H groups in total. The van der Waals surface area contributed by atoms with Crippen LogP contribution >= 0.6 is 0 Å². The summed E-state index contributed by atoms with van der Waals surface area (Å²) in [6.07, 6.45) is 5.91. The standard InChI is InChI=1S/C36H20N4O.Pd/c1-2-8-23(9-3-1)32-22-40-34-13-7-5-11-29(34)27-17-15-25(21-31(27)36(40)38-32)41-24-14-16-26-28-10-4-6-12-33(28)39-19-18-37-35(39)30(26)20-24;/h1-19,22H;/q-2;+2. The average Bonchev–Trinajstić information content (AvgIpc) is 3.71. The molecule has 0 radical (unpaired) electrons. The van der Waals surface area contributed by atoms with Crippen molar-refractivity contribution in [1.29, 1.82) is 0 Å². The summed E-state index contributed by atoms with van der Waals surface area (Å²) < 4.78 is 10.7. The molecule has 0 atom stereocenters. The third kappa shape index (κ3) is 3.67. The van der Waals surface area contributed by atoms with Crippen molar-refractivity contribution in [2.24, 2.45) is 0 Å². The number of imidazole rings is 2. The number of benzene rings is 5. The van der Waals surface area contributed by atoms with E-state index < -0.39 is 0 Å². The largest absolute Gasteiger partial charge is 2.00 e. The smallest absolute Gasteiger partial charge is 0.497 e. The molecular weight excluding hydrogens is 611 g/mol. The average molecular weight is 631 g/mol. The zero-order chi connectivity index (χ0) is 26.9. The number of fused-ring (bicyclic) bond motifs is 12. The summed E-state index contributed by atoms with van der Waals surface area (Å²) in [5, 5.41) is 6.29. The fourth-order valence-electron chi connectivity index (χ4n) is 5.98. The number of nitrogens with zero attached hydrogens (tertiary/aromatic N) is 4. The van der Waals surface area contributed by atoms with Crippen LogP contribution in [-0.2, 0) is 20.4 Å². The summed E-state index contributed by atoms with van der Waals surface area (Å²) in [6, 6.07) is 42.2. The fourth-order valence-corrected chi connectivity index (χ4v) is 5.98. The summed E-state index contributed by atoms with van der Waals surface area (Å²) in [7, 11) is 0. The maximum absolute atomic E-state index is 6.40. The van der Waals surface area contributed by atoms with Crippen molar-refractivity contribution in [2.45, 2.75) is 0 Å². The van der Waals surface area contributed by atoms with Crippen LogP contribution < -0.4 is 4.74 Å². The number of ether oxygens (including phenoxy) is 1. The Kier molecular flexibility index (Phi) is 5.62. The minimum absolute atomic E-state index is 0. The first kappa shape index (κ1) is 24.8. The summed E-state index contributed by atoms with van der Waals surface area (Å²) in [5.41, 5.74) is 5.90. The van der Waals surface area contributed by atoms with Crippen molar-refractivity contribution in [3.8, 4) is 22.8 Å². The van der Waals surface area contributed by atoms with E-state index in [-0.39, 0.29) is 20.4 Å². The van der Waals surface area contributed by atoms with Crippen molar-refractivity contribution < 1.29 is 25.2 Å². The van der Waals surface area contributed by atoms with Crippen molar-refractivity contribution in [3.63, 3.8) is 0 Å². The first-order chi connectivity index (χ1) is 20.3. The molecule has 0 fully saturated rings. The van der Waals surface area contributed by atoms with Gasteiger partial charge in [-0.1, -0.05) is 113 Å². The summed E-state index contributed by atoms with van der Waals surface area (Å²) in [4.78, 5) is 9.70. The predicted molar refractivity (Wildman–Crippen MR) is 164 cm³/mol. The van der Waals surface area contributed by atoms with E-state index in [2.05, 4.69) is 98.8 Å². The summed E-state index contributed by atoms with van der Waals surface area (Å²) >= 11 is 0. The zero-order valence-electron chi connectivity index (χ0n) is 22.1. The van der Waals surface area contributed by atoms with Gasteiger partial charge in [-0.3, -0.25) is 9.97 Å². The van der Waals surface area contributed by atoms with Gasteiger partial charge >= 0.3 is 20.4 Å². The molecule has 4 heterocycles. The predicted octanol–water partition coefficient (Wildman–Crippen LogP) is 8.65. The number of pyridine rings is 2. The summed E-state index contributed by atoms with van der Waals surface area (Å²) in [6.45, 7) is 0. The molecule has 0 saturated heterocycles. The van der Waals surface area contributed by atoms with E-state index in [1.807, 2.05) is 48.8 Å². The topological polar surface area (TPSA) is 43.8 Å². The summed E-state index contributed by atoms with van der Waals surface area (Å²) in [5.74, 6) is 1.22. The van der Waals surface area contributed by atoms with Crippen LogP contribution in [0.3, 0.4) is 0 Å². The third-order valence-electron chi connectivity index (χ3n) is 7.83. The Morgan fingerprint density at radius 1 is 0.571 bits per heavy atom. The molecule has 42 heavy (non-hydrogen) atoms. The van der Waals surface area contributed by atoms with E-state index in [1.165, 1.54) is 0 Å².